The fourth-order valence-electron chi connectivity index (χ4n) is 3.38. The third kappa shape index (κ3) is 2.86. The Kier molecular flexibility index (Phi) is 4.01. The van der Waals surface area contributed by atoms with E-state index < -0.39 is 5.97 Å². The molecule has 6 heteroatoms. The van der Waals surface area contributed by atoms with Crippen LogP contribution in [0.5, 0.6) is 0 Å². The first-order valence-electron chi connectivity index (χ1n) is 8.42. The number of fused-ring (bicyclic) bond motifs is 1. The lowest BCUT2D eigenvalue weighted by Crippen LogP contribution is -2.24. The van der Waals surface area contributed by atoms with Crippen molar-refractivity contribution in [1.82, 2.24) is 9.97 Å². The molecule has 1 aromatic heterocycles. The largest absolute Gasteiger partial charge is 0.478 e. The average molecular weight is 346 g/mol. The second-order valence-electron chi connectivity index (χ2n) is 6.29. The minimum absolute atomic E-state index is 0.201. The van der Waals surface area contributed by atoms with E-state index in [1.54, 1.807) is 24.3 Å². The van der Waals surface area contributed by atoms with Crippen molar-refractivity contribution in [2.45, 2.75) is 19.4 Å². The summed E-state index contributed by atoms with van der Waals surface area (Å²) in [6.45, 7) is 2.16. The van der Waals surface area contributed by atoms with Gasteiger partial charge in [0.1, 0.15) is 18.0 Å². The maximum atomic E-state index is 11.4. The molecule has 0 fully saturated rings. The normalized spacial score (nSPS) is 15.6. The van der Waals surface area contributed by atoms with Gasteiger partial charge in [-0.2, -0.15) is 0 Å². The number of carbonyl (C=O) groups is 1. The van der Waals surface area contributed by atoms with Gasteiger partial charge in [0.15, 0.2) is 0 Å². The number of rotatable bonds is 4. The maximum absolute atomic E-state index is 11.4. The van der Waals surface area contributed by atoms with Crippen molar-refractivity contribution in [1.29, 1.82) is 0 Å². The van der Waals surface area contributed by atoms with Crippen LogP contribution in [0.3, 0.4) is 0 Å². The minimum atomic E-state index is -0.982. The number of aromatic carboxylic acids is 1. The molecule has 2 N–H and O–H groups in total. The van der Waals surface area contributed by atoms with E-state index in [1.807, 2.05) is 18.2 Å². The third-order valence-corrected chi connectivity index (χ3v) is 4.53. The first kappa shape index (κ1) is 16.1. The molecule has 1 unspecified atom stereocenters. The Morgan fingerprint density at radius 2 is 1.92 bits per heavy atom. The monoisotopic (exact) mass is 346 g/mol. The van der Waals surface area contributed by atoms with Gasteiger partial charge in [-0.15, -0.1) is 0 Å². The third-order valence-electron chi connectivity index (χ3n) is 4.53. The highest BCUT2D eigenvalue weighted by Crippen LogP contribution is 2.37. The second-order valence-corrected chi connectivity index (χ2v) is 6.29. The van der Waals surface area contributed by atoms with Gasteiger partial charge in [0.25, 0.3) is 0 Å². The van der Waals surface area contributed by atoms with Crippen molar-refractivity contribution in [3.63, 3.8) is 0 Å². The summed E-state index contributed by atoms with van der Waals surface area (Å²) in [6, 6.07) is 17.2. The Morgan fingerprint density at radius 1 is 1.15 bits per heavy atom. The van der Waals surface area contributed by atoms with E-state index in [9.17, 15) is 9.90 Å². The molecule has 2 heterocycles. The zero-order valence-corrected chi connectivity index (χ0v) is 14.3. The molecule has 4 rings (SSSR count). The molecular formula is C20H18N4O2. The van der Waals surface area contributed by atoms with Crippen molar-refractivity contribution < 1.29 is 9.90 Å². The lowest BCUT2D eigenvalue weighted by atomic mass is 10.1. The summed E-state index contributed by atoms with van der Waals surface area (Å²) in [5.74, 6) is 0.359. The highest BCUT2D eigenvalue weighted by atomic mass is 16.4. The van der Waals surface area contributed by atoms with Crippen LogP contribution in [0.1, 0.15) is 22.8 Å². The Balaban J connectivity index is 1.67. The van der Waals surface area contributed by atoms with E-state index >= 15 is 0 Å². The fraction of sp³-hybridized carbons (Fsp3) is 0.150. The fourth-order valence-corrected chi connectivity index (χ4v) is 3.38. The molecule has 0 bridgehead atoms. The number of para-hydroxylation sites is 2. The molecule has 6 nitrogen and oxygen atoms in total. The number of hydrogen-bond donors (Lipinski definition) is 2. The lowest BCUT2D eigenvalue weighted by molar-refractivity contribution is 0.0698. The summed E-state index contributed by atoms with van der Waals surface area (Å²) < 4.78 is 0. The maximum Gasteiger partial charge on any atom is 0.337 e. The smallest absolute Gasteiger partial charge is 0.337 e. The van der Waals surface area contributed by atoms with Crippen molar-refractivity contribution in [2.75, 3.05) is 10.2 Å². The van der Waals surface area contributed by atoms with Crippen molar-refractivity contribution >= 4 is 29.0 Å². The van der Waals surface area contributed by atoms with Crippen LogP contribution >= 0.6 is 0 Å². The van der Waals surface area contributed by atoms with Crippen molar-refractivity contribution in [3.8, 4) is 0 Å². The topological polar surface area (TPSA) is 78.4 Å². The molecule has 1 aliphatic heterocycles. The number of nitrogens with one attached hydrogen (secondary N) is 1. The van der Waals surface area contributed by atoms with E-state index in [1.165, 1.54) is 11.9 Å². The molecular weight excluding hydrogens is 328 g/mol. The van der Waals surface area contributed by atoms with Gasteiger partial charge in [-0.1, -0.05) is 30.3 Å². The number of anilines is 4. The first-order valence-corrected chi connectivity index (χ1v) is 8.42. The standard InChI is InChI=1S/C20H18N4O2/c1-13-10-14-6-2-5-9-17(14)24(13)19-11-18(21-12-22-19)23-16-8-4-3-7-15(16)20(25)26/h2-9,11-13H,10H2,1H3,(H,25,26)(H,21,22,23). The predicted molar refractivity (Wildman–Crippen MR) is 100 cm³/mol. The molecule has 0 aliphatic carbocycles. The van der Waals surface area contributed by atoms with Crippen LogP contribution in [0.2, 0.25) is 0 Å². The van der Waals surface area contributed by atoms with Crippen LogP contribution in [-0.2, 0) is 6.42 Å². The predicted octanol–water partition coefficient (Wildman–Crippen LogP) is 4.00. The quantitative estimate of drug-likeness (QED) is 0.743. The van der Waals surface area contributed by atoms with Crippen LogP contribution in [0.15, 0.2) is 60.9 Å². The van der Waals surface area contributed by atoms with E-state index in [4.69, 9.17) is 0 Å². The summed E-state index contributed by atoms with van der Waals surface area (Å²) in [4.78, 5) is 22.2. The molecule has 130 valence electrons. The van der Waals surface area contributed by atoms with E-state index in [-0.39, 0.29) is 5.56 Å². The van der Waals surface area contributed by atoms with Crippen LogP contribution in [0.4, 0.5) is 23.0 Å². The number of nitrogens with zero attached hydrogens (tertiary/aromatic N) is 3. The molecule has 26 heavy (non-hydrogen) atoms. The highest BCUT2D eigenvalue weighted by Gasteiger charge is 2.27. The summed E-state index contributed by atoms with van der Waals surface area (Å²) in [5.41, 5.74) is 3.15. The van der Waals surface area contributed by atoms with E-state index in [2.05, 4.69) is 39.2 Å². The molecule has 2 aromatic carbocycles. The van der Waals surface area contributed by atoms with E-state index in [0.29, 0.717) is 17.5 Å². The van der Waals surface area contributed by atoms with Crippen molar-refractivity contribution in [2.24, 2.45) is 0 Å². The van der Waals surface area contributed by atoms with Crippen LogP contribution < -0.4 is 10.2 Å². The summed E-state index contributed by atoms with van der Waals surface area (Å²) in [7, 11) is 0. The van der Waals surface area contributed by atoms with Gasteiger partial charge in [-0.05, 0) is 37.1 Å². The molecule has 1 aliphatic rings. The molecule has 3 aromatic rings. The van der Waals surface area contributed by atoms with Gasteiger partial charge in [0.2, 0.25) is 0 Å². The minimum Gasteiger partial charge on any atom is -0.478 e. The van der Waals surface area contributed by atoms with Gasteiger partial charge in [-0.3, -0.25) is 0 Å². The van der Waals surface area contributed by atoms with Crippen LogP contribution in [0, 0.1) is 0 Å². The highest BCUT2D eigenvalue weighted by molar-refractivity contribution is 5.95. The molecule has 0 saturated carbocycles. The summed E-state index contributed by atoms with van der Waals surface area (Å²) in [5, 5.41) is 12.4. The second kappa shape index (κ2) is 6.48. The number of hydrogen-bond acceptors (Lipinski definition) is 5. The molecule has 0 spiro atoms. The zero-order chi connectivity index (χ0) is 18.1. The Morgan fingerprint density at radius 3 is 2.77 bits per heavy atom. The van der Waals surface area contributed by atoms with E-state index in [0.717, 1.165) is 17.9 Å². The molecule has 0 radical (unpaired) electrons. The Bertz CT molecular complexity index is 973. The van der Waals surface area contributed by atoms with Crippen LogP contribution in [0.25, 0.3) is 0 Å². The number of carboxylic acid groups (broad SMARTS) is 1. The molecule has 1 atom stereocenters. The zero-order valence-electron chi connectivity index (χ0n) is 14.3. The summed E-state index contributed by atoms with van der Waals surface area (Å²) >= 11 is 0. The lowest BCUT2D eigenvalue weighted by Gasteiger charge is -2.24. The number of benzene rings is 2. The number of aromatic nitrogens is 2. The van der Waals surface area contributed by atoms with Gasteiger partial charge in [0, 0.05) is 17.8 Å². The van der Waals surface area contributed by atoms with Gasteiger partial charge >= 0.3 is 5.97 Å². The summed E-state index contributed by atoms with van der Waals surface area (Å²) in [6.07, 6.45) is 2.46. The van der Waals surface area contributed by atoms with Crippen molar-refractivity contribution in [3.05, 3.63) is 72.1 Å². The average Bonchev–Trinajstić information content (AvgIpc) is 2.98. The SMILES string of the molecule is CC1Cc2ccccc2N1c1cc(Nc2ccccc2C(=O)O)ncn1. The van der Waals surface area contributed by atoms with Crippen LogP contribution in [-0.4, -0.2) is 27.1 Å². The Hall–Kier alpha value is -3.41. The van der Waals surface area contributed by atoms with Gasteiger partial charge < -0.3 is 15.3 Å². The van der Waals surface area contributed by atoms with Gasteiger partial charge in [0.05, 0.1) is 11.3 Å². The Labute approximate surface area is 151 Å². The van der Waals surface area contributed by atoms with Gasteiger partial charge in [-0.25, -0.2) is 14.8 Å². The number of carboxylic acids is 1. The first-order chi connectivity index (χ1) is 12.6. The molecule has 0 saturated heterocycles. The molecule has 0 amide bonds.